The summed E-state index contributed by atoms with van der Waals surface area (Å²) in [5.41, 5.74) is 8.80. The van der Waals surface area contributed by atoms with Crippen LogP contribution in [0.1, 0.15) is 5.56 Å². The second-order valence-electron chi connectivity index (χ2n) is 4.08. The van der Waals surface area contributed by atoms with Crippen LogP contribution in [-0.4, -0.2) is 4.98 Å². The molecule has 1 aromatic carbocycles. The molecule has 2 N–H and O–H groups in total. The minimum atomic E-state index is 0.754. The molecule has 0 unspecified atom stereocenters. The first kappa shape index (κ1) is 10.3. The first-order valence-electron chi connectivity index (χ1n) is 5.45. The average molecular weight is 240 g/mol. The van der Waals surface area contributed by atoms with Crippen LogP contribution in [0.15, 0.2) is 42.6 Å². The molecule has 0 fully saturated rings. The van der Waals surface area contributed by atoms with Crippen molar-refractivity contribution in [2.75, 3.05) is 5.73 Å². The predicted molar refractivity (Wildman–Crippen MR) is 74.2 cm³/mol. The zero-order chi connectivity index (χ0) is 11.8. The lowest BCUT2D eigenvalue weighted by atomic mass is 10.2. The van der Waals surface area contributed by atoms with E-state index in [2.05, 4.69) is 36.2 Å². The van der Waals surface area contributed by atoms with E-state index in [-0.39, 0.29) is 0 Å². The van der Waals surface area contributed by atoms with Crippen molar-refractivity contribution in [3.8, 4) is 10.6 Å². The summed E-state index contributed by atoms with van der Waals surface area (Å²) in [5, 5.41) is 1.27. The molecule has 0 bridgehead atoms. The van der Waals surface area contributed by atoms with Crippen molar-refractivity contribution in [2.24, 2.45) is 0 Å². The smallest absolute Gasteiger partial charge is 0.0822 e. The average Bonchev–Trinajstić information content (AvgIpc) is 2.74. The summed E-state index contributed by atoms with van der Waals surface area (Å²) in [6.45, 7) is 2.13. The van der Waals surface area contributed by atoms with Gasteiger partial charge in [-0.15, -0.1) is 11.3 Å². The van der Waals surface area contributed by atoms with Crippen LogP contribution >= 0.6 is 11.3 Å². The number of anilines is 1. The fourth-order valence-electron chi connectivity index (χ4n) is 1.92. The number of aromatic nitrogens is 1. The minimum absolute atomic E-state index is 0.754. The zero-order valence-corrected chi connectivity index (χ0v) is 10.3. The van der Waals surface area contributed by atoms with Crippen molar-refractivity contribution in [3.05, 3.63) is 48.2 Å². The quantitative estimate of drug-likeness (QED) is 0.701. The van der Waals surface area contributed by atoms with E-state index in [0.29, 0.717) is 0 Å². The first-order valence-corrected chi connectivity index (χ1v) is 6.27. The Kier molecular flexibility index (Phi) is 2.34. The van der Waals surface area contributed by atoms with Gasteiger partial charge in [-0.1, -0.05) is 18.2 Å². The third kappa shape index (κ3) is 1.78. The van der Waals surface area contributed by atoms with Crippen LogP contribution in [0.3, 0.4) is 0 Å². The normalized spacial score (nSPS) is 10.9. The highest BCUT2D eigenvalue weighted by Crippen LogP contribution is 2.34. The van der Waals surface area contributed by atoms with E-state index in [1.165, 1.54) is 20.5 Å². The highest BCUT2D eigenvalue weighted by Gasteiger charge is 2.06. The van der Waals surface area contributed by atoms with E-state index in [1.807, 2.05) is 12.1 Å². The van der Waals surface area contributed by atoms with Crippen LogP contribution in [0.25, 0.3) is 20.7 Å². The molecule has 0 spiro atoms. The molecule has 0 aliphatic carbocycles. The van der Waals surface area contributed by atoms with Gasteiger partial charge >= 0.3 is 0 Å². The summed E-state index contributed by atoms with van der Waals surface area (Å²) < 4.78 is 1.33. The number of thiophene rings is 1. The molecular formula is C14H12N2S. The Labute approximate surface area is 104 Å². The Morgan fingerprint density at radius 3 is 2.82 bits per heavy atom. The monoisotopic (exact) mass is 240 g/mol. The van der Waals surface area contributed by atoms with Crippen molar-refractivity contribution in [1.29, 1.82) is 0 Å². The van der Waals surface area contributed by atoms with Crippen LogP contribution < -0.4 is 5.73 Å². The summed E-state index contributed by atoms with van der Waals surface area (Å²) >= 11 is 1.77. The Hall–Kier alpha value is -1.87. The molecule has 2 nitrogen and oxygen atoms in total. The Morgan fingerprint density at radius 2 is 2.06 bits per heavy atom. The predicted octanol–water partition coefficient (Wildman–Crippen LogP) is 3.85. The summed E-state index contributed by atoms with van der Waals surface area (Å²) in [6.07, 6.45) is 1.75. The van der Waals surface area contributed by atoms with Gasteiger partial charge in [0.25, 0.3) is 0 Å². The van der Waals surface area contributed by atoms with Gasteiger partial charge in [-0.3, -0.25) is 4.98 Å². The standard InChI is InChI=1S/C14H12N2S/c1-9-3-2-4-10-7-13(17-14(9)10)12-8-11(15)5-6-16-12/h2-8H,1H3,(H2,15,16). The molecule has 3 aromatic rings. The maximum Gasteiger partial charge on any atom is 0.0822 e. The number of aryl methyl sites for hydroxylation is 1. The van der Waals surface area contributed by atoms with Gasteiger partial charge in [0, 0.05) is 16.6 Å². The lowest BCUT2D eigenvalue weighted by molar-refractivity contribution is 1.34. The number of nitrogens with zero attached hydrogens (tertiary/aromatic N) is 1. The summed E-state index contributed by atoms with van der Waals surface area (Å²) in [6, 6.07) is 12.3. The molecule has 2 heterocycles. The molecule has 3 rings (SSSR count). The summed E-state index contributed by atoms with van der Waals surface area (Å²) in [5.74, 6) is 0. The SMILES string of the molecule is Cc1cccc2cc(-c3cc(N)ccn3)sc12. The molecule has 0 saturated carbocycles. The minimum Gasteiger partial charge on any atom is -0.399 e. The molecule has 0 radical (unpaired) electrons. The molecule has 0 aliphatic rings. The highest BCUT2D eigenvalue weighted by atomic mass is 32.1. The Balaban J connectivity index is 2.22. The van der Waals surface area contributed by atoms with Crippen LogP contribution in [0.4, 0.5) is 5.69 Å². The van der Waals surface area contributed by atoms with Crippen molar-refractivity contribution < 1.29 is 0 Å². The fourth-order valence-corrected chi connectivity index (χ4v) is 3.01. The largest absolute Gasteiger partial charge is 0.399 e. The van der Waals surface area contributed by atoms with E-state index in [9.17, 15) is 0 Å². The van der Waals surface area contributed by atoms with E-state index in [1.54, 1.807) is 17.5 Å². The number of hydrogen-bond acceptors (Lipinski definition) is 3. The molecule has 0 atom stereocenters. The van der Waals surface area contributed by atoms with Gasteiger partial charge in [0.15, 0.2) is 0 Å². The van der Waals surface area contributed by atoms with E-state index in [4.69, 9.17) is 5.73 Å². The van der Waals surface area contributed by atoms with Gasteiger partial charge in [0.1, 0.15) is 0 Å². The van der Waals surface area contributed by atoms with Crippen molar-refractivity contribution in [1.82, 2.24) is 4.98 Å². The zero-order valence-electron chi connectivity index (χ0n) is 9.47. The molecule has 0 amide bonds. The number of pyridine rings is 1. The van der Waals surface area contributed by atoms with Gasteiger partial charge in [-0.05, 0) is 36.1 Å². The highest BCUT2D eigenvalue weighted by molar-refractivity contribution is 7.22. The van der Waals surface area contributed by atoms with E-state index >= 15 is 0 Å². The number of nitrogens with two attached hydrogens (primary N) is 1. The molecular weight excluding hydrogens is 228 g/mol. The van der Waals surface area contributed by atoms with Gasteiger partial charge < -0.3 is 5.73 Å². The topological polar surface area (TPSA) is 38.9 Å². The van der Waals surface area contributed by atoms with Crippen molar-refractivity contribution >= 4 is 27.1 Å². The summed E-state index contributed by atoms with van der Waals surface area (Å²) in [7, 11) is 0. The number of fused-ring (bicyclic) bond motifs is 1. The molecule has 0 aliphatic heterocycles. The lowest BCUT2D eigenvalue weighted by Crippen LogP contribution is -1.86. The van der Waals surface area contributed by atoms with Crippen LogP contribution in [0.2, 0.25) is 0 Å². The number of nitrogen functional groups attached to an aromatic ring is 1. The van der Waals surface area contributed by atoms with Crippen molar-refractivity contribution in [3.63, 3.8) is 0 Å². The number of benzene rings is 1. The fraction of sp³-hybridized carbons (Fsp3) is 0.0714. The van der Waals surface area contributed by atoms with Gasteiger partial charge in [0.05, 0.1) is 10.6 Å². The lowest BCUT2D eigenvalue weighted by Gasteiger charge is -1.96. The molecule has 0 saturated heterocycles. The van der Waals surface area contributed by atoms with Crippen LogP contribution in [-0.2, 0) is 0 Å². The maximum absolute atomic E-state index is 5.78. The van der Waals surface area contributed by atoms with E-state index in [0.717, 1.165) is 11.4 Å². The van der Waals surface area contributed by atoms with Crippen LogP contribution in [0, 0.1) is 6.92 Å². The van der Waals surface area contributed by atoms with Crippen molar-refractivity contribution in [2.45, 2.75) is 6.92 Å². The van der Waals surface area contributed by atoms with Gasteiger partial charge in [-0.25, -0.2) is 0 Å². The molecule has 2 aromatic heterocycles. The third-order valence-electron chi connectivity index (χ3n) is 2.78. The van der Waals surface area contributed by atoms with Gasteiger partial charge in [-0.2, -0.15) is 0 Å². The molecule has 3 heteroatoms. The third-order valence-corrected chi connectivity index (χ3v) is 4.09. The molecule has 17 heavy (non-hydrogen) atoms. The second kappa shape index (κ2) is 3.86. The Bertz CT molecular complexity index is 686. The van der Waals surface area contributed by atoms with Crippen LogP contribution in [0.5, 0.6) is 0 Å². The first-order chi connectivity index (χ1) is 8.24. The number of rotatable bonds is 1. The summed E-state index contributed by atoms with van der Waals surface area (Å²) in [4.78, 5) is 5.53. The number of hydrogen-bond donors (Lipinski definition) is 1. The molecule has 84 valence electrons. The van der Waals surface area contributed by atoms with Gasteiger partial charge in [0.2, 0.25) is 0 Å². The van der Waals surface area contributed by atoms with E-state index < -0.39 is 0 Å². The maximum atomic E-state index is 5.78. The Morgan fingerprint density at radius 1 is 1.18 bits per heavy atom. The second-order valence-corrected chi connectivity index (χ2v) is 5.13.